The van der Waals surface area contributed by atoms with Crippen molar-refractivity contribution < 1.29 is 34.0 Å². The number of halogens is 1. The third-order valence-electron chi connectivity index (χ3n) is 2.98. The lowest BCUT2D eigenvalue weighted by atomic mass is 9.96. The van der Waals surface area contributed by atoms with E-state index in [2.05, 4.69) is 5.32 Å². The number of alkyl carbamates (subject to hydrolysis) is 1. The summed E-state index contributed by atoms with van der Waals surface area (Å²) in [5.41, 5.74) is -0.581. The maximum atomic E-state index is 13.3. The van der Waals surface area contributed by atoms with E-state index in [1.807, 2.05) is 0 Å². The molecule has 0 aliphatic rings. The van der Waals surface area contributed by atoms with Gasteiger partial charge in [-0.15, -0.1) is 0 Å². The van der Waals surface area contributed by atoms with Crippen LogP contribution in [0.5, 0.6) is 0 Å². The molecule has 24 heavy (non-hydrogen) atoms. The number of carboxylic acid groups (broad SMARTS) is 1. The van der Waals surface area contributed by atoms with Gasteiger partial charge in [-0.25, -0.2) is 9.18 Å². The normalized spacial score (nSPS) is 13.9. The van der Waals surface area contributed by atoms with Crippen LogP contribution < -0.4 is 5.32 Å². The zero-order valence-corrected chi connectivity index (χ0v) is 13.7. The minimum atomic E-state index is -1.49. The van der Waals surface area contributed by atoms with Gasteiger partial charge < -0.3 is 25.4 Å². The van der Waals surface area contributed by atoms with Crippen LogP contribution in [0.3, 0.4) is 0 Å². The van der Waals surface area contributed by atoms with E-state index in [1.165, 1.54) is 6.07 Å². The van der Waals surface area contributed by atoms with Crippen LogP contribution in [0.25, 0.3) is 0 Å². The Morgan fingerprint density at radius 1 is 1.29 bits per heavy atom. The van der Waals surface area contributed by atoms with Gasteiger partial charge >= 0.3 is 12.1 Å². The first kappa shape index (κ1) is 19.9. The minimum Gasteiger partial charge on any atom is -0.481 e. The first-order chi connectivity index (χ1) is 11.0. The number of aliphatic hydroxyl groups is 2. The molecule has 0 aliphatic heterocycles. The fourth-order valence-electron chi connectivity index (χ4n) is 2.00. The predicted molar refractivity (Wildman–Crippen MR) is 82.9 cm³/mol. The number of ether oxygens (including phenoxy) is 1. The molecule has 0 fully saturated rings. The smallest absolute Gasteiger partial charge is 0.407 e. The van der Waals surface area contributed by atoms with Crippen molar-refractivity contribution in [2.45, 2.75) is 45.0 Å². The molecule has 0 radical (unpaired) electrons. The summed E-state index contributed by atoms with van der Waals surface area (Å²) in [5, 5.41) is 31.3. The summed E-state index contributed by atoms with van der Waals surface area (Å²) < 4.78 is 18.3. The van der Waals surface area contributed by atoms with Crippen LogP contribution in [-0.4, -0.2) is 45.6 Å². The standard InChI is InChI=1S/C16H22FNO6/c1-16(2,3)24-15(23)18-8-12(19)14(22)11-5-4-10(17)6-9(11)7-13(20)21/h4-6,12,14,19,22H,7-8H2,1-3H3,(H,18,23)(H,20,21). The molecule has 1 rings (SSSR count). The molecule has 0 bridgehead atoms. The molecule has 134 valence electrons. The molecule has 0 aliphatic carbocycles. The van der Waals surface area contributed by atoms with Crippen LogP contribution in [0, 0.1) is 5.82 Å². The summed E-state index contributed by atoms with van der Waals surface area (Å²) in [6.07, 6.45) is -4.18. The van der Waals surface area contributed by atoms with Gasteiger partial charge in [0.2, 0.25) is 0 Å². The van der Waals surface area contributed by atoms with Crippen molar-refractivity contribution in [2.75, 3.05) is 6.54 Å². The summed E-state index contributed by atoms with van der Waals surface area (Å²) in [6.45, 7) is 4.71. The van der Waals surface area contributed by atoms with Crippen molar-refractivity contribution in [2.24, 2.45) is 0 Å². The fourth-order valence-corrected chi connectivity index (χ4v) is 2.00. The molecule has 1 aromatic rings. The van der Waals surface area contributed by atoms with Crippen molar-refractivity contribution in [1.29, 1.82) is 0 Å². The van der Waals surface area contributed by atoms with Gasteiger partial charge in [0.1, 0.15) is 23.6 Å². The van der Waals surface area contributed by atoms with E-state index in [4.69, 9.17) is 9.84 Å². The van der Waals surface area contributed by atoms with Crippen molar-refractivity contribution in [3.05, 3.63) is 35.1 Å². The first-order valence-corrected chi connectivity index (χ1v) is 7.32. The third kappa shape index (κ3) is 6.51. The van der Waals surface area contributed by atoms with Crippen LogP contribution in [0.15, 0.2) is 18.2 Å². The minimum absolute atomic E-state index is 0.0475. The number of aliphatic hydroxyl groups excluding tert-OH is 2. The second-order valence-electron chi connectivity index (χ2n) is 6.31. The highest BCUT2D eigenvalue weighted by Crippen LogP contribution is 2.23. The monoisotopic (exact) mass is 343 g/mol. The predicted octanol–water partition coefficient (Wildman–Crippen LogP) is 1.37. The number of carboxylic acids is 1. The second kappa shape index (κ2) is 8.07. The van der Waals surface area contributed by atoms with E-state index in [0.29, 0.717) is 0 Å². The van der Waals surface area contributed by atoms with Crippen molar-refractivity contribution in [3.63, 3.8) is 0 Å². The Bertz CT molecular complexity index is 599. The van der Waals surface area contributed by atoms with Crippen LogP contribution in [0.2, 0.25) is 0 Å². The van der Waals surface area contributed by atoms with E-state index in [1.54, 1.807) is 20.8 Å². The van der Waals surface area contributed by atoms with Gasteiger partial charge in [0.15, 0.2) is 0 Å². The highest BCUT2D eigenvalue weighted by molar-refractivity contribution is 5.71. The Morgan fingerprint density at radius 2 is 1.92 bits per heavy atom. The Balaban J connectivity index is 2.77. The molecular formula is C16H22FNO6. The van der Waals surface area contributed by atoms with Gasteiger partial charge in [-0.2, -0.15) is 0 Å². The average Bonchev–Trinajstić information content (AvgIpc) is 2.41. The molecule has 4 N–H and O–H groups in total. The highest BCUT2D eigenvalue weighted by atomic mass is 19.1. The van der Waals surface area contributed by atoms with Crippen molar-refractivity contribution in [3.8, 4) is 0 Å². The quantitative estimate of drug-likeness (QED) is 0.620. The van der Waals surface area contributed by atoms with Gasteiger partial charge in [0, 0.05) is 6.54 Å². The number of benzene rings is 1. The zero-order chi connectivity index (χ0) is 18.5. The number of carbonyl (C=O) groups is 2. The number of hydrogen-bond donors (Lipinski definition) is 4. The first-order valence-electron chi connectivity index (χ1n) is 7.32. The maximum absolute atomic E-state index is 13.3. The molecule has 2 unspecified atom stereocenters. The molecule has 1 aromatic carbocycles. The Hall–Kier alpha value is -2.19. The van der Waals surface area contributed by atoms with Gasteiger partial charge in [-0.05, 0) is 44.0 Å². The lowest BCUT2D eigenvalue weighted by Crippen LogP contribution is -2.39. The average molecular weight is 343 g/mol. The number of aliphatic carboxylic acids is 1. The molecular weight excluding hydrogens is 321 g/mol. The topological polar surface area (TPSA) is 116 Å². The zero-order valence-electron chi connectivity index (χ0n) is 13.7. The molecule has 2 atom stereocenters. The lowest BCUT2D eigenvalue weighted by molar-refractivity contribution is -0.136. The van der Waals surface area contributed by atoms with Crippen LogP contribution >= 0.6 is 0 Å². The van der Waals surface area contributed by atoms with Crippen molar-refractivity contribution >= 4 is 12.1 Å². The van der Waals surface area contributed by atoms with Crippen molar-refractivity contribution in [1.82, 2.24) is 5.32 Å². The summed E-state index contributed by atoms with van der Waals surface area (Å²) in [6, 6.07) is 3.24. The highest BCUT2D eigenvalue weighted by Gasteiger charge is 2.24. The number of carbonyl (C=O) groups excluding carboxylic acids is 1. The number of amides is 1. The number of hydrogen-bond acceptors (Lipinski definition) is 5. The van der Waals surface area contributed by atoms with E-state index in [-0.39, 0.29) is 17.7 Å². The van der Waals surface area contributed by atoms with E-state index >= 15 is 0 Å². The van der Waals surface area contributed by atoms with E-state index in [9.17, 15) is 24.2 Å². The van der Waals surface area contributed by atoms with Gasteiger partial charge in [-0.3, -0.25) is 4.79 Å². The van der Waals surface area contributed by atoms with E-state index in [0.717, 1.165) is 12.1 Å². The Morgan fingerprint density at radius 3 is 2.46 bits per heavy atom. The van der Waals surface area contributed by atoms with Gasteiger partial charge in [0.05, 0.1) is 6.42 Å². The molecule has 0 aromatic heterocycles. The summed E-state index contributed by atoms with van der Waals surface area (Å²) in [5.74, 6) is -1.85. The summed E-state index contributed by atoms with van der Waals surface area (Å²) >= 11 is 0. The SMILES string of the molecule is CC(C)(C)OC(=O)NCC(O)C(O)c1ccc(F)cc1CC(=O)O. The molecule has 7 nitrogen and oxygen atoms in total. The molecule has 0 spiro atoms. The molecule has 0 saturated carbocycles. The van der Waals surface area contributed by atoms with Gasteiger partial charge in [0.25, 0.3) is 0 Å². The maximum Gasteiger partial charge on any atom is 0.407 e. The van der Waals surface area contributed by atoms with Gasteiger partial charge in [-0.1, -0.05) is 6.07 Å². The van der Waals surface area contributed by atoms with Crippen LogP contribution in [-0.2, 0) is 16.0 Å². The third-order valence-corrected chi connectivity index (χ3v) is 2.98. The molecule has 0 saturated heterocycles. The molecule has 1 amide bonds. The number of nitrogens with one attached hydrogen (secondary N) is 1. The van der Waals surface area contributed by atoms with E-state index < -0.39 is 42.1 Å². The Labute approximate surface area is 139 Å². The second-order valence-corrected chi connectivity index (χ2v) is 6.31. The fraction of sp³-hybridized carbons (Fsp3) is 0.500. The summed E-state index contributed by atoms with van der Waals surface area (Å²) in [7, 11) is 0. The van der Waals surface area contributed by atoms with Crippen LogP contribution in [0.4, 0.5) is 9.18 Å². The lowest BCUT2D eigenvalue weighted by Gasteiger charge is -2.23. The molecule has 8 heteroatoms. The largest absolute Gasteiger partial charge is 0.481 e. The summed E-state index contributed by atoms with van der Waals surface area (Å²) in [4.78, 5) is 22.4. The molecule has 0 heterocycles. The van der Waals surface area contributed by atoms with Crippen LogP contribution in [0.1, 0.15) is 38.0 Å². The number of rotatable bonds is 6. The Kier molecular flexibility index (Phi) is 6.68.